The highest BCUT2D eigenvalue weighted by atomic mass is 32.1. The van der Waals surface area contributed by atoms with E-state index in [2.05, 4.69) is 221 Å². The van der Waals surface area contributed by atoms with Crippen LogP contribution in [-0.2, 0) is 23.7 Å². The van der Waals surface area contributed by atoms with Gasteiger partial charge in [0.2, 0.25) is 0 Å². The SMILES string of the molecule is CC(C)(C)C1=Cc2cc(C(C)(C)C)ccc2C1.CC(C)(C)C1=Nc2cc(C(C)(C)C)ccc2C1.CC(C)c1ccc2cc(C(C)C)[nH]c2c1.CC(C)c1csc(C(C)C)n1. The van der Waals surface area contributed by atoms with E-state index in [1.807, 2.05) is 0 Å². The summed E-state index contributed by atoms with van der Waals surface area (Å²) in [4.78, 5) is 12.8. The number of H-pyrrole nitrogens is 1. The summed E-state index contributed by atoms with van der Waals surface area (Å²) in [5, 5.41) is 4.75. The molecule has 1 N–H and O–H groups in total. The third-order valence-corrected chi connectivity index (χ3v) is 12.9. The van der Waals surface area contributed by atoms with Gasteiger partial charge in [-0.15, -0.1) is 11.3 Å². The Morgan fingerprint density at radius 1 is 0.567 bits per heavy atom. The fourth-order valence-electron chi connectivity index (χ4n) is 7.03. The first-order chi connectivity index (χ1) is 27.5. The van der Waals surface area contributed by atoms with Crippen molar-refractivity contribution in [2.45, 2.75) is 186 Å². The molecule has 2 aliphatic rings. The quantitative estimate of drug-likeness (QED) is 0.193. The fourth-order valence-corrected chi connectivity index (χ4v) is 8.03. The number of thiazole rings is 1. The van der Waals surface area contributed by atoms with Crippen LogP contribution in [0.2, 0.25) is 0 Å². The van der Waals surface area contributed by atoms with Crippen LogP contribution in [0.15, 0.2) is 76.6 Å². The first-order valence-corrected chi connectivity index (χ1v) is 23.6. The van der Waals surface area contributed by atoms with E-state index in [4.69, 9.17) is 4.99 Å². The number of allylic oxidation sites excluding steroid dienone is 1. The minimum absolute atomic E-state index is 0.181. The lowest BCUT2D eigenvalue weighted by Crippen LogP contribution is -2.19. The number of hydrogen-bond donors (Lipinski definition) is 1. The molecular weight excluding hydrogens is 747 g/mol. The number of aromatic amines is 1. The van der Waals surface area contributed by atoms with Crippen LogP contribution in [0.5, 0.6) is 0 Å². The van der Waals surface area contributed by atoms with E-state index in [0.29, 0.717) is 29.1 Å². The van der Waals surface area contributed by atoms with Gasteiger partial charge < -0.3 is 4.98 Å². The number of aliphatic imine (C=N–C) groups is 1. The molecule has 1 aliphatic heterocycles. The van der Waals surface area contributed by atoms with Crippen LogP contribution in [0.25, 0.3) is 17.0 Å². The number of nitrogens with one attached hydrogen (secondary N) is 1. The zero-order valence-electron chi connectivity index (χ0n) is 41.5. The van der Waals surface area contributed by atoms with Crippen molar-refractivity contribution >= 4 is 39.7 Å². The summed E-state index contributed by atoms with van der Waals surface area (Å²) in [6.45, 7) is 44.8. The summed E-state index contributed by atoms with van der Waals surface area (Å²) < 4.78 is 0. The molecule has 60 heavy (non-hydrogen) atoms. The second-order valence-electron chi connectivity index (χ2n) is 22.6. The lowest BCUT2D eigenvalue weighted by molar-refractivity contribution is 0.498. The molecule has 1 aliphatic carbocycles. The van der Waals surface area contributed by atoms with Crippen molar-refractivity contribution in [3.8, 4) is 0 Å². The van der Waals surface area contributed by atoms with Crippen molar-refractivity contribution in [3.05, 3.63) is 121 Å². The Labute approximate surface area is 371 Å². The van der Waals surface area contributed by atoms with Gasteiger partial charge in [0.25, 0.3) is 0 Å². The molecule has 0 amide bonds. The predicted molar refractivity (Wildman–Crippen MR) is 268 cm³/mol. The maximum atomic E-state index is 4.81. The molecule has 0 saturated heterocycles. The molecule has 3 aromatic carbocycles. The monoisotopic (exact) mass is 828 g/mol. The number of fused-ring (bicyclic) bond motifs is 3. The lowest BCUT2D eigenvalue weighted by Gasteiger charge is -2.20. The zero-order valence-corrected chi connectivity index (χ0v) is 42.3. The lowest BCUT2D eigenvalue weighted by atomic mass is 9.85. The second kappa shape index (κ2) is 19.1. The molecule has 5 aromatic rings. The van der Waals surface area contributed by atoms with Gasteiger partial charge in [-0.2, -0.15) is 0 Å². The highest BCUT2D eigenvalue weighted by molar-refractivity contribution is 7.09. The summed E-state index contributed by atoms with van der Waals surface area (Å²) >= 11 is 1.77. The Kier molecular flexibility index (Phi) is 15.6. The van der Waals surface area contributed by atoms with Crippen LogP contribution in [0.3, 0.4) is 0 Å². The van der Waals surface area contributed by atoms with Gasteiger partial charge in [-0.3, -0.25) is 4.99 Å². The van der Waals surface area contributed by atoms with Gasteiger partial charge in [0.1, 0.15) is 0 Å². The van der Waals surface area contributed by atoms with E-state index in [0.717, 1.165) is 12.8 Å². The van der Waals surface area contributed by atoms with Crippen molar-refractivity contribution in [2.75, 3.05) is 0 Å². The zero-order chi connectivity index (χ0) is 45.1. The standard InChI is InChI=1S/C17H24.C16H23N.C14H19N.C9H15NS/c1-16(2,3)14-8-7-12-9-15(17(4,5)6)11-13(12)10-14;1-15(2,3)12-8-7-11-9-14(16(4,5)6)17-13(11)10-12;1-9(2)11-5-6-12-8-13(10(3)4)15-14(12)7-11;1-6(2)8-5-11-9(10-8)7(3)4/h7-8,10-11H,9H2,1-6H3;7-8,10H,9H2,1-6H3;5-10,15H,1-4H3;5-7H,1-4H3. The van der Waals surface area contributed by atoms with Gasteiger partial charge >= 0.3 is 0 Å². The third-order valence-electron chi connectivity index (χ3n) is 11.7. The largest absolute Gasteiger partial charge is 0.358 e. The maximum Gasteiger partial charge on any atom is 0.0953 e. The molecule has 2 aromatic heterocycles. The number of nitrogens with zero attached hydrogens (tertiary/aromatic N) is 2. The van der Waals surface area contributed by atoms with E-state index in [-0.39, 0.29) is 16.2 Å². The molecule has 0 unspecified atom stereocenters. The number of aromatic nitrogens is 2. The van der Waals surface area contributed by atoms with Crippen LogP contribution >= 0.6 is 11.3 Å². The van der Waals surface area contributed by atoms with Gasteiger partial charge in [-0.25, -0.2) is 4.98 Å². The minimum Gasteiger partial charge on any atom is -0.358 e. The summed E-state index contributed by atoms with van der Waals surface area (Å²) in [6, 6.07) is 22.7. The summed E-state index contributed by atoms with van der Waals surface area (Å²) in [6.07, 6.45) is 4.54. The topological polar surface area (TPSA) is 41.0 Å². The summed E-state index contributed by atoms with van der Waals surface area (Å²) in [5.41, 5.74) is 17.3. The van der Waals surface area contributed by atoms with Crippen LogP contribution in [-0.4, -0.2) is 15.7 Å². The van der Waals surface area contributed by atoms with Crippen molar-refractivity contribution in [2.24, 2.45) is 15.8 Å². The molecule has 7 rings (SSSR count). The smallest absolute Gasteiger partial charge is 0.0953 e. The molecule has 0 atom stereocenters. The first kappa shape index (κ1) is 48.9. The molecule has 0 saturated carbocycles. The molecule has 0 bridgehead atoms. The Bertz CT molecular complexity index is 2140. The van der Waals surface area contributed by atoms with Gasteiger partial charge in [-0.05, 0) is 97.4 Å². The molecule has 3 nitrogen and oxygen atoms in total. The third kappa shape index (κ3) is 13.1. The van der Waals surface area contributed by atoms with Crippen LogP contribution in [0, 0.1) is 10.8 Å². The van der Waals surface area contributed by atoms with E-state index in [9.17, 15) is 0 Å². The average molecular weight is 828 g/mol. The van der Waals surface area contributed by atoms with Crippen molar-refractivity contribution in [3.63, 3.8) is 0 Å². The highest BCUT2D eigenvalue weighted by Crippen LogP contribution is 2.39. The summed E-state index contributed by atoms with van der Waals surface area (Å²) in [5.74, 6) is 2.31. The Morgan fingerprint density at radius 2 is 1.17 bits per heavy atom. The maximum absolute atomic E-state index is 4.81. The number of hydrogen-bond acceptors (Lipinski definition) is 3. The van der Waals surface area contributed by atoms with Crippen molar-refractivity contribution in [1.82, 2.24) is 9.97 Å². The Morgan fingerprint density at radius 3 is 1.65 bits per heavy atom. The highest BCUT2D eigenvalue weighted by Gasteiger charge is 2.27. The predicted octanol–water partition coefficient (Wildman–Crippen LogP) is 17.4. The molecule has 3 heterocycles. The van der Waals surface area contributed by atoms with Crippen molar-refractivity contribution in [1.29, 1.82) is 0 Å². The van der Waals surface area contributed by atoms with E-state index >= 15 is 0 Å². The van der Waals surface area contributed by atoms with Crippen molar-refractivity contribution < 1.29 is 0 Å². The van der Waals surface area contributed by atoms with Crippen LogP contribution in [0.1, 0.15) is 212 Å². The molecule has 0 fully saturated rings. The minimum atomic E-state index is 0.181. The van der Waals surface area contributed by atoms with Gasteiger partial charge in [0, 0.05) is 40.1 Å². The van der Waals surface area contributed by atoms with Gasteiger partial charge in [-0.1, -0.05) is 193 Å². The first-order valence-electron chi connectivity index (χ1n) is 22.7. The van der Waals surface area contributed by atoms with E-state index in [1.165, 1.54) is 72.1 Å². The normalized spacial score (nSPS) is 14.0. The molecule has 326 valence electrons. The second-order valence-corrected chi connectivity index (χ2v) is 23.5. The number of benzene rings is 3. The Balaban J connectivity index is 0.000000179. The van der Waals surface area contributed by atoms with E-state index < -0.39 is 0 Å². The van der Waals surface area contributed by atoms with Crippen LogP contribution in [0.4, 0.5) is 5.69 Å². The molecule has 4 heteroatoms. The van der Waals surface area contributed by atoms with E-state index in [1.54, 1.807) is 16.9 Å². The average Bonchev–Trinajstić information content (AvgIpc) is 3.94. The Hall–Kier alpha value is -3.76. The number of rotatable bonds is 4. The molecular formula is C56H81N3S. The van der Waals surface area contributed by atoms with Gasteiger partial charge in [0.05, 0.1) is 16.4 Å². The molecule has 0 spiro atoms. The van der Waals surface area contributed by atoms with Crippen LogP contribution < -0.4 is 0 Å². The fraction of sp³-hybridized carbons (Fsp3) is 0.536. The van der Waals surface area contributed by atoms with Gasteiger partial charge in [0.15, 0.2) is 0 Å². The molecule has 0 radical (unpaired) electrons. The summed E-state index contributed by atoms with van der Waals surface area (Å²) in [7, 11) is 0.